The molecule has 20 heavy (non-hydrogen) atoms. The van der Waals surface area contributed by atoms with Gasteiger partial charge in [-0.25, -0.2) is 14.8 Å². The number of rotatable bonds is 1. The van der Waals surface area contributed by atoms with Gasteiger partial charge in [0.15, 0.2) is 0 Å². The molecule has 0 saturated carbocycles. The molecule has 98 valence electrons. The Hall–Kier alpha value is -2.69. The van der Waals surface area contributed by atoms with Gasteiger partial charge >= 0.3 is 5.97 Å². The van der Waals surface area contributed by atoms with Crippen LogP contribution in [0.3, 0.4) is 0 Å². The molecule has 2 aliphatic heterocycles. The second-order valence-electron chi connectivity index (χ2n) is 4.92. The van der Waals surface area contributed by atoms with Gasteiger partial charge in [0, 0.05) is 30.3 Å². The summed E-state index contributed by atoms with van der Waals surface area (Å²) in [5.74, 6) is -0.0720. The van der Waals surface area contributed by atoms with E-state index in [0.717, 1.165) is 28.3 Å². The van der Waals surface area contributed by atoms with E-state index in [1.165, 1.54) is 6.33 Å². The van der Waals surface area contributed by atoms with Crippen LogP contribution in [-0.4, -0.2) is 21.0 Å². The Labute approximate surface area is 115 Å². The molecule has 3 heterocycles. The van der Waals surface area contributed by atoms with Crippen LogP contribution in [0.4, 0.5) is 11.5 Å². The van der Waals surface area contributed by atoms with Crippen LogP contribution >= 0.6 is 0 Å². The molecule has 0 radical (unpaired) electrons. The number of carboxylic acids is 1. The number of carbonyl (C=O) groups is 1. The first kappa shape index (κ1) is 11.2. The van der Waals surface area contributed by atoms with Crippen LogP contribution in [0.2, 0.25) is 0 Å². The first-order valence-electron chi connectivity index (χ1n) is 6.38. The first-order chi connectivity index (χ1) is 9.75. The summed E-state index contributed by atoms with van der Waals surface area (Å²) in [6.45, 7) is 0. The van der Waals surface area contributed by atoms with Gasteiger partial charge in [0.05, 0.1) is 11.3 Å². The normalized spacial score (nSPS) is 15.7. The number of hydrogen-bond donors (Lipinski definition) is 1. The molecule has 2 aliphatic rings. The molecule has 0 saturated heterocycles. The lowest BCUT2D eigenvalue weighted by molar-refractivity contribution is -0.132. The molecule has 0 unspecified atom stereocenters. The molecule has 1 N–H and O–H groups in total. The van der Waals surface area contributed by atoms with Crippen LogP contribution in [0.25, 0.3) is 0 Å². The lowest BCUT2D eigenvalue weighted by Crippen LogP contribution is -2.25. The third kappa shape index (κ3) is 1.40. The summed E-state index contributed by atoms with van der Waals surface area (Å²) >= 11 is 0. The quantitative estimate of drug-likeness (QED) is 0.855. The van der Waals surface area contributed by atoms with Crippen molar-refractivity contribution in [3.05, 3.63) is 59.2 Å². The maximum absolute atomic E-state index is 11.5. The highest BCUT2D eigenvalue weighted by Gasteiger charge is 2.35. The Morgan fingerprint density at radius 2 is 2.05 bits per heavy atom. The lowest BCUT2D eigenvalue weighted by atomic mass is 9.99. The number of nitrogens with zero attached hydrogens (tertiary/aromatic N) is 3. The summed E-state index contributed by atoms with van der Waals surface area (Å²) in [4.78, 5) is 21.8. The van der Waals surface area contributed by atoms with Crippen molar-refractivity contribution in [3.8, 4) is 0 Å². The molecule has 5 nitrogen and oxygen atoms in total. The summed E-state index contributed by atoms with van der Waals surface area (Å²) in [5.41, 5.74) is 4.26. The minimum atomic E-state index is -0.868. The Balaban J connectivity index is 2.00. The SMILES string of the molecule is O=C(O)C1=C2Cc3ccccc3N2c2ncncc2C1. The van der Waals surface area contributed by atoms with E-state index < -0.39 is 5.97 Å². The fraction of sp³-hybridized carbons (Fsp3) is 0.133. The van der Waals surface area contributed by atoms with Crippen molar-refractivity contribution in [2.24, 2.45) is 0 Å². The number of hydrogen-bond acceptors (Lipinski definition) is 4. The van der Waals surface area contributed by atoms with E-state index in [-0.39, 0.29) is 0 Å². The summed E-state index contributed by atoms with van der Waals surface area (Å²) in [5, 5.41) is 9.46. The van der Waals surface area contributed by atoms with Gasteiger partial charge in [-0.1, -0.05) is 18.2 Å². The molecule has 0 fully saturated rings. The smallest absolute Gasteiger partial charge is 0.333 e. The standard InChI is InChI=1S/C15H11N3O2/c19-15(20)11-5-10-7-16-8-17-14(10)18-12-4-2-1-3-9(12)6-13(11)18/h1-4,7-8H,5-6H2,(H,19,20). The fourth-order valence-corrected chi connectivity index (χ4v) is 2.94. The molecule has 0 spiro atoms. The van der Waals surface area contributed by atoms with Crippen LogP contribution in [0, 0.1) is 0 Å². The predicted octanol–water partition coefficient (Wildman–Crippen LogP) is 2.07. The number of carboxylic acid groups (broad SMARTS) is 1. The van der Waals surface area contributed by atoms with Gasteiger partial charge in [0.1, 0.15) is 12.1 Å². The topological polar surface area (TPSA) is 66.3 Å². The average Bonchev–Trinajstić information content (AvgIpc) is 2.85. The second kappa shape index (κ2) is 3.90. The first-order valence-corrected chi connectivity index (χ1v) is 6.38. The van der Waals surface area contributed by atoms with Crippen molar-refractivity contribution >= 4 is 17.5 Å². The molecule has 0 amide bonds. The van der Waals surface area contributed by atoms with Crippen LogP contribution in [0.1, 0.15) is 11.1 Å². The molecule has 1 aromatic carbocycles. The summed E-state index contributed by atoms with van der Waals surface area (Å²) in [6.07, 6.45) is 4.22. The van der Waals surface area contributed by atoms with E-state index >= 15 is 0 Å². The van der Waals surface area contributed by atoms with Crippen molar-refractivity contribution in [2.75, 3.05) is 4.90 Å². The van der Waals surface area contributed by atoms with Crippen molar-refractivity contribution in [3.63, 3.8) is 0 Å². The maximum Gasteiger partial charge on any atom is 0.333 e. The number of allylic oxidation sites excluding steroid dienone is 1. The largest absolute Gasteiger partial charge is 0.478 e. The zero-order chi connectivity index (χ0) is 13.7. The van der Waals surface area contributed by atoms with Crippen LogP contribution < -0.4 is 4.90 Å². The predicted molar refractivity (Wildman–Crippen MR) is 72.7 cm³/mol. The average molecular weight is 265 g/mol. The van der Waals surface area contributed by atoms with E-state index in [1.807, 2.05) is 29.2 Å². The lowest BCUT2D eigenvalue weighted by Gasteiger charge is -2.28. The van der Waals surface area contributed by atoms with E-state index in [9.17, 15) is 9.90 Å². The van der Waals surface area contributed by atoms with Crippen molar-refractivity contribution in [2.45, 2.75) is 12.8 Å². The van der Waals surface area contributed by atoms with E-state index in [1.54, 1.807) is 6.20 Å². The summed E-state index contributed by atoms with van der Waals surface area (Å²) in [7, 11) is 0. The monoisotopic (exact) mass is 265 g/mol. The third-order valence-corrected chi connectivity index (χ3v) is 3.81. The molecule has 0 aliphatic carbocycles. The molecule has 0 bridgehead atoms. The van der Waals surface area contributed by atoms with Crippen LogP contribution in [-0.2, 0) is 17.6 Å². The van der Waals surface area contributed by atoms with E-state index in [4.69, 9.17) is 0 Å². The zero-order valence-corrected chi connectivity index (χ0v) is 10.6. The third-order valence-electron chi connectivity index (χ3n) is 3.81. The van der Waals surface area contributed by atoms with Gasteiger partial charge in [0.25, 0.3) is 0 Å². The van der Waals surface area contributed by atoms with Crippen molar-refractivity contribution in [1.82, 2.24) is 9.97 Å². The van der Waals surface area contributed by atoms with Gasteiger partial charge in [0.2, 0.25) is 0 Å². The van der Waals surface area contributed by atoms with Crippen molar-refractivity contribution in [1.29, 1.82) is 0 Å². The minimum absolute atomic E-state index is 0.380. The molecule has 5 heteroatoms. The fourth-order valence-electron chi connectivity index (χ4n) is 2.94. The Bertz CT molecular complexity index is 767. The summed E-state index contributed by atoms with van der Waals surface area (Å²) in [6, 6.07) is 7.96. The molecular weight excluding hydrogens is 254 g/mol. The number of aromatic nitrogens is 2. The Kier molecular flexibility index (Phi) is 2.18. The maximum atomic E-state index is 11.5. The minimum Gasteiger partial charge on any atom is -0.478 e. The Morgan fingerprint density at radius 1 is 1.20 bits per heavy atom. The number of fused-ring (bicyclic) bond motifs is 5. The number of para-hydroxylation sites is 1. The molecule has 1 aromatic heterocycles. The highest BCUT2D eigenvalue weighted by Crippen LogP contribution is 2.45. The Morgan fingerprint density at radius 3 is 2.90 bits per heavy atom. The number of benzene rings is 1. The van der Waals surface area contributed by atoms with Gasteiger partial charge in [-0.2, -0.15) is 0 Å². The number of aliphatic carboxylic acids is 1. The summed E-state index contributed by atoms with van der Waals surface area (Å²) < 4.78 is 0. The van der Waals surface area contributed by atoms with Gasteiger partial charge in [-0.05, 0) is 11.6 Å². The van der Waals surface area contributed by atoms with E-state index in [0.29, 0.717) is 18.4 Å². The number of anilines is 2. The zero-order valence-electron chi connectivity index (χ0n) is 10.6. The van der Waals surface area contributed by atoms with Crippen LogP contribution in [0.5, 0.6) is 0 Å². The second-order valence-corrected chi connectivity index (χ2v) is 4.92. The van der Waals surface area contributed by atoms with Gasteiger partial charge in [-0.15, -0.1) is 0 Å². The molecular formula is C15H11N3O2. The highest BCUT2D eigenvalue weighted by molar-refractivity contribution is 5.93. The highest BCUT2D eigenvalue weighted by atomic mass is 16.4. The molecule has 0 atom stereocenters. The molecule has 4 rings (SSSR count). The van der Waals surface area contributed by atoms with Crippen molar-refractivity contribution < 1.29 is 9.90 Å². The molecule has 2 aromatic rings. The van der Waals surface area contributed by atoms with Gasteiger partial charge in [-0.3, -0.25) is 4.90 Å². The van der Waals surface area contributed by atoms with Gasteiger partial charge < -0.3 is 5.11 Å². The van der Waals surface area contributed by atoms with E-state index in [2.05, 4.69) is 9.97 Å². The van der Waals surface area contributed by atoms with Crippen LogP contribution in [0.15, 0.2) is 48.1 Å².